The molecular formula is C14H14FN5O. The van der Waals surface area contributed by atoms with E-state index in [9.17, 15) is 4.39 Å². The summed E-state index contributed by atoms with van der Waals surface area (Å²) in [6.07, 6.45) is 5.34. The summed E-state index contributed by atoms with van der Waals surface area (Å²) in [7, 11) is 3.27. The van der Waals surface area contributed by atoms with Gasteiger partial charge in [0.15, 0.2) is 11.5 Å². The van der Waals surface area contributed by atoms with Crippen LogP contribution in [0, 0.1) is 5.82 Å². The minimum absolute atomic E-state index is 0.361. The van der Waals surface area contributed by atoms with Gasteiger partial charge in [0.05, 0.1) is 19.0 Å². The predicted molar refractivity (Wildman–Crippen MR) is 78.8 cm³/mol. The molecule has 0 bridgehead atoms. The molecule has 2 aromatic heterocycles. The van der Waals surface area contributed by atoms with Crippen molar-refractivity contribution >= 4 is 23.0 Å². The second kappa shape index (κ2) is 5.28. The second-order valence-electron chi connectivity index (χ2n) is 4.35. The van der Waals surface area contributed by atoms with Crippen LogP contribution in [0.3, 0.4) is 0 Å². The van der Waals surface area contributed by atoms with E-state index in [1.807, 2.05) is 16.8 Å². The molecule has 0 saturated heterocycles. The maximum atomic E-state index is 13.2. The van der Waals surface area contributed by atoms with Crippen LogP contribution in [-0.4, -0.2) is 28.5 Å². The summed E-state index contributed by atoms with van der Waals surface area (Å²) in [4.78, 5) is 8.69. The molecule has 0 saturated carbocycles. The Labute approximate surface area is 120 Å². The molecule has 0 aliphatic heterocycles. The fourth-order valence-corrected chi connectivity index (χ4v) is 2.03. The number of nitrogens with zero attached hydrogens (tertiary/aromatic N) is 3. The van der Waals surface area contributed by atoms with Gasteiger partial charge in [-0.3, -0.25) is 0 Å². The number of rotatable bonds is 4. The van der Waals surface area contributed by atoms with Gasteiger partial charge in [-0.25, -0.2) is 14.4 Å². The average molecular weight is 287 g/mol. The smallest absolute Gasteiger partial charge is 0.180 e. The molecule has 0 atom stereocenters. The molecule has 3 aromatic rings. The number of methoxy groups -OCH3 is 1. The average Bonchev–Trinajstić information content (AvgIpc) is 2.97. The van der Waals surface area contributed by atoms with Gasteiger partial charge in [0.2, 0.25) is 0 Å². The van der Waals surface area contributed by atoms with Gasteiger partial charge in [-0.15, -0.1) is 0 Å². The molecule has 0 spiro atoms. The van der Waals surface area contributed by atoms with Crippen LogP contribution in [0.15, 0.2) is 36.8 Å². The van der Waals surface area contributed by atoms with E-state index in [4.69, 9.17) is 4.74 Å². The van der Waals surface area contributed by atoms with Crippen LogP contribution < -0.4 is 15.4 Å². The Hall–Kier alpha value is -2.83. The van der Waals surface area contributed by atoms with Crippen molar-refractivity contribution in [2.24, 2.45) is 0 Å². The van der Waals surface area contributed by atoms with Crippen molar-refractivity contribution in [2.75, 3.05) is 24.8 Å². The van der Waals surface area contributed by atoms with Crippen molar-refractivity contribution in [3.05, 3.63) is 42.6 Å². The number of aromatic nitrogens is 3. The summed E-state index contributed by atoms with van der Waals surface area (Å²) >= 11 is 0. The topological polar surface area (TPSA) is 63.5 Å². The largest absolute Gasteiger partial charge is 0.494 e. The number of halogens is 1. The minimum atomic E-state index is -0.361. The Kier molecular flexibility index (Phi) is 3.31. The van der Waals surface area contributed by atoms with Gasteiger partial charge >= 0.3 is 0 Å². The summed E-state index contributed by atoms with van der Waals surface area (Å²) in [6.45, 7) is 0. The molecule has 7 heteroatoms. The Balaban J connectivity index is 2.07. The number of imidazole rings is 1. The predicted octanol–water partition coefficient (Wildman–Crippen LogP) is 2.66. The number of hydrogen-bond donors (Lipinski definition) is 2. The molecule has 0 aliphatic carbocycles. The van der Waals surface area contributed by atoms with E-state index in [0.29, 0.717) is 28.7 Å². The molecule has 6 nitrogen and oxygen atoms in total. The van der Waals surface area contributed by atoms with Crippen LogP contribution in [-0.2, 0) is 0 Å². The molecule has 0 unspecified atom stereocenters. The first kappa shape index (κ1) is 13.2. The lowest BCUT2D eigenvalue weighted by Gasteiger charge is -2.12. The summed E-state index contributed by atoms with van der Waals surface area (Å²) < 4.78 is 20.3. The number of anilines is 3. The molecule has 0 amide bonds. The first-order chi connectivity index (χ1) is 10.2. The van der Waals surface area contributed by atoms with Crippen LogP contribution in [0.5, 0.6) is 5.75 Å². The lowest BCUT2D eigenvalue weighted by Crippen LogP contribution is -2.03. The van der Waals surface area contributed by atoms with Gasteiger partial charge < -0.3 is 19.8 Å². The maximum Gasteiger partial charge on any atom is 0.180 e. The van der Waals surface area contributed by atoms with Gasteiger partial charge in [0.1, 0.15) is 17.4 Å². The molecular weight excluding hydrogens is 273 g/mol. The lowest BCUT2D eigenvalue weighted by atomic mass is 10.3. The van der Waals surface area contributed by atoms with E-state index in [1.165, 1.54) is 19.2 Å². The fourth-order valence-electron chi connectivity index (χ4n) is 2.03. The van der Waals surface area contributed by atoms with Gasteiger partial charge in [-0.1, -0.05) is 0 Å². The molecule has 21 heavy (non-hydrogen) atoms. The van der Waals surface area contributed by atoms with Gasteiger partial charge in [-0.05, 0) is 12.1 Å². The first-order valence-corrected chi connectivity index (χ1v) is 6.33. The third kappa shape index (κ3) is 2.45. The van der Waals surface area contributed by atoms with Crippen LogP contribution in [0.25, 0.3) is 5.65 Å². The highest BCUT2D eigenvalue weighted by molar-refractivity contribution is 5.74. The molecule has 2 N–H and O–H groups in total. The monoisotopic (exact) mass is 287 g/mol. The summed E-state index contributed by atoms with van der Waals surface area (Å²) in [5.74, 6) is 1.28. The number of ether oxygens (including phenoxy) is 1. The van der Waals surface area contributed by atoms with Crippen molar-refractivity contribution in [3.8, 4) is 5.75 Å². The molecule has 108 valence electrons. The van der Waals surface area contributed by atoms with Crippen LogP contribution >= 0.6 is 0 Å². The van der Waals surface area contributed by atoms with Gasteiger partial charge in [-0.2, -0.15) is 0 Å². The van der Waals surface area contributed by atoms with Gasteiger partial charge in [0, 0.05) is 25.5 Å². The fraction of sp³-hybridized carbons (Fsp3) is 0.143. The number of hydrogen-bond acceptors (Lipinski definition) is 5. The standard InChI is InChI=1S/C14H14FN5O/c1-16-12-8-20-6-5-17-14(20)13(19-12)18-10-4-3-9(15)7-11(10)21-2/h3-8,16H,1-2H3,(H,18,19). The molecule has 1 aromatic carbocycles. The zero-order valence-corrected chi connectivity index (χ0v) is 11.6. The van der Waals surface area contributed by atoms with Crippen molar-refractivity contribution in [3.63, 3.8) is 0 Å². The molecule has 0 radical (unpaired) electrons. The van der Waals surface area contributed by atoms with Crippen LogP contribution in [0.2, 0.25) is 0 Å². The van der Waals surface area contributed by atoms with E-state index in [2.05, 4.69) is 20.6 Å². The summed E-state index contributed by atoms with van der Waals surface area (Å²) in [5, 5.41) is 6.11. The third-order valence-corrected chi connectivity index (χ3v) is 3.05. The summed E-state index contributed by atoms with van der Waals surface area (Å²) in [5.41, 5.74) is 1.28. The van der Waals surface area contributed by atoms with Gasteiger partial charge in [0.25, 0.3) is 0 Å². The minimum Gasteiger partial charge on any atom is -0.494 e. The Morgan fingerprint density at radius 1 is 1.33 bits per heavy atom. The van der Waals surface area contributed by atoms with E-state index in [0.717, 1.165) is 0 Å². The quantitative estimate of drug-likeness (QED) is 0.772. The molecule has 2 heterocycles. The highest BCUT2D eigenvalue weighted by Crippen LogP contribution is 2.29. The third-order valence-electron chi connectivity index (χ3n) is 3.05. The maximum absolute atomic E-state index is 13.2. The molecule has 0 aliphatic rings. The normalized spacial score (nSPS) is 10.6. The zero-order valence-electron chi connectivity index (χ0n) is 11.6. The van der Waals surface area contributed by atoms with Crippen molar-refractivity contribution in [2.45, 2.75) is 0 Å². The Bertz CT molecular complexity index is 786. The Morgan fingerprint density at radius 3 is 2.95 bits per heavy atom. The van der Waals surface area contributed by atoms with Crippen molar-refractivity contribution in [1.29, 1.82) is 0 Å². The van der Waals surface area contributed by atoms with Crippen molar-refractivity contribution < 1.29 is 9.13 Å². The zero-order chi connectivity index (χ0) is 14.8. The SMILES string of the molecule is CNc1cn2ccnc2c(Nc2ccc(F)cc2OC)n1. The highest BCUT2D eigenvalue weighted by atomic mass is 19.1. The number of fused-ring (bicyclic) bond motifs is 1. The van der Waals surface area contributed by atoms with E-state index < -0.39 is 0 Å². The second-order valence-corrected chi connectivity index (χ2v) is 4.35. The molecule has 3 rings (SSSR count). The van der Waals surface area contributed by atoms with E-state index in [1.54, 1.807) is 19.3 Å². The van der Waals surface area contributed by atoms with Crippen LogP contribution in [0.1, 0.15) is 0 Å². The van der Waals surface area contributed by atoms with Crippen molar-refractivity contribution in [1.82, 2.24) is 14.4 Å². The number of nitrogens with one attached hydrogen (secondary N) is 2. The highest BCUT2D eigenvalue weighted by Gasteiger charge is 2.10. The summed E-state index contributed by atoms with van der Waals surface area (Å²) in [6, 6.07) is 4.27. The number of benzene rings is 1. The lowest BCUT2D eigenvalue weighted by molar-refractivity contribution is 0.413. The van der Waals surface area contributed by atoms with Crippen LogP contribution in [0.4, 0.5) is 21.7 Å². The first-order valence-electron chi connectivity index (χ1n) is 6.33. The van der Waals surface area contributed by atoms with E-state index >= 15 is 0 Å². The van der Waals surface area contributed by atoms with E-state index in [-0.39, 0.29) is 5.82 Å². The molecule has 0 fully saturated rings. The Morgan fingerprint density at radius 2 is 2.19 bits per heavy atom.